The van der Waals surface area contributed by atoms with Gasteiger partial charge in [0, 0.05) is 22.8 Å². The molecule has 0 atom stereocenters. The maximum atomic E-state index is 11.4. The van der Waals surface area contributed by atoms with Crippen molar-refractivity contribution in [1.29, 1.82) is 0 Å². The molecule has 0 amide bonds. The van der Waals surface area contributed by atoms with E-state index in [4.69, 9.17) is 0 Å². The molecular formula is C28H32N2. The van der Waals surface area contributed by atoms with Gasteiger partial charge in [0.1, 0.15) is 0 Å². The summed E-state index contributed by atoms with van der Waals surface area (Å²) in [6.45, 7) is 9.94. The third-order valence-electron chi connectivity index (χ3n) is 5.66. The van der Waals surface area contributed by atoms with Crippen molar-refractivity contribution in [1.82, 2.24) is 0 Å². The van der Waals surface area contributed by atoms with Crippen LogP contribution in [-0.4, -0.2) is 4.70 Å². The molecule has 154 valence electrons. The summed E-state index contributed by atoms with van der Waals surface area (Å²) in [6.07, 6.45) is 12.9. The Labute approximate surface area is 181 Å². The van der Waals surface area contributed by atoms with Crippen molar-refractivity contribution in [3.8, 4) is 0 Å². The van der Waals surface area contributed by atoms with Crippen LogP contribution in [0.3, 0.4) is 0 Å². The van der Waals surface area contributed by atoms with E-state index in [-0.39, 0.29) is 0 Å². The minimum atomic E-state index is 0.870. The third-order valence-corrected chi connectivity index (χ3v) is 5.66. The van der Waals surface area contributed by atoms with Crippen LogP contribution in [0.1, 0.15) is 61.3 Å². The number of hydrogen-bond acceptors (Lipinski definition) is 0. The summed E-state index contributed by atoms with van der Waals surface area (Å²) in [5, 5.41) is 0. The normalized spacial score (nSPS) is 13.5. The van der Waals surface area contributed by atoms with Gasteiger partial charge in [-0.1, -0.05) is 61.9 Å². The van der Waals surface area contributed by atoms with Crippen LogP contribution in [-0.2, 0) is 12.8 Å². The number of hydrogen-bond donors (Lipinski definition) is 0. The fourth-order valence-electron chi connectivity index (χ4n) is 4.06. The van der Waals surface area contributed by atoms with Crippen molar-refractivity contribution in [3.63, 3.8) is 0 Å². The molecule has 1 aliphatic heterocycles. The number of benzene rings is 2. The number of nitrogens with zero attached hydrogens (tertiary/aromatic N) is 2. The van der Waals surface area contributed by atoms with Crippen molar-refractivity contribution in [3.05, 3.63) is 113 Å². The number of rotatable bonds is 11. The van der Waals surface area contributed by atoms with Gasteiger partial charge in [0.2, 0.25) is 11.4 Å². The fraction of sp³-hybridized carbons (Fsp3) is 0.286. The summed E-state index contributed by atoms with van der Waals surface area (Å²) in [7, 11) is 0. The van der Waals surface area contributed by atoms with Gasteiger partial charge < -0.3 is 5.53 Å². The maximum absolute atomic E-state index is 11.4. The number of aryl methyl sites for hydroxylation is 2. The summed E-state index contributed by atoms with van der Waals surface area (Å²) >= 11 is 0. The van der Waals surface area contributed by atoms with Crippen LogP contribution in [0, 0.1) is 0 Å². The fourth-order valence-corrected chi connectivity index (χ4v) is 4.06. The Bertz CT molecular complexity index is 991. The largest absolute Gasteiger partial charge is 0.493 e. The van der Waals surface area contributed by atoms with E-state index in [1.165, 1.54) is 21.4 Å². The molecule has 1 aliphatic rings. The molecule has 0 fully saturated rings. The highest BCUT2D eigenvalue weighted by Crippen LogP contribution is 2.39. The SMILES string of the molecule is C=CCCc1ccccc1C1=CC(CCCC)=C(c2ccccc2CCC=C)[N+]1=[N-]. The van der Waals surface area contributed by atoms with Crippen LogP contribution in [0.25, 0.3) is 16.9 Å². The summed E-state index contributed by atoms with van der Waals surface area (Å²) in [4.78, 5) is 0. The average molecular weight is 397 g/mol. The molecule has 2 heteroatoms. The van der Waals surface area contributed by atoms with Crippen molar-refractivity contribution < 1.29 is 4.70 Å². The molecule has 0 aromatic heterocycles. The van der Waals surface area contributed by atoms with E-state index in [0.29, 0.717) is 0 Å². The zero-order valence-corrected chi connectivity index (χ0v) is 18.1. The minimum Gasteiger partial charge on any atom is -0.493 e. The zero-order valence-electron chi connectivity index (χ0n) is 18.1. The molecule has 2 aromatic carbocycles. The topological polar surface area (TPSA) is 25.3 Å². The molecule has 1 heterocycles. The van der Waals surface area contributed by atoms with E-state index in [2.05, 4.69) is 68.6 Å². The highest BCUT2D eigenvalue weighted by atomic mass is 15.2. The second-order valence-electron chi connectivity index (χ2n) is 7.79. The van der Waals surface area contributed by atoms with Gasteiger partial charge in [-0.3, -0.25) is 0 Å². The van der Waals surface area contributed by atoms with E-state index in [1.807, 2.05) is 18.2 Å². The van der Waals surface area contributed by atoms with E-state index in [0.717, 1.165) is 67.5 Å². The molecule has 0 saturated heterocycles. The quantitative estimate of drug-likeness (QED) is 0.272. The molecule has 0 bridgehead atoms. The molecule has 0 unspecified atom stereocenters. The molecule has 2 nitrogen and oxygen atoms in total. The van der Waals surface area contributed by atoms with Crippen LogP contribution in [0.5, 0.6) is 0 Å². The molecule has 0 radical (unpaired) electrons. The maximum Gasteiger partial charge on any atom is 0.211 e. The Morgan fingerprint density at radius 1 is 0.833 bits per heavy atom. The van der Waals surface area contributed by atoms with Gasteiger partial charge in [-0.2, -0.15) is 0 Å². The van der Waals surface area contributed by atoms with Gasteiger partial charge in [0.15, 0.2) is 0 Å². The molecular weight excluding hydrogens is 364 g/mol. The van der Waals surface area contributed by atoms with E-state index < -0.39 is 0 Å². The van der Waals surface area contributed by atoms with Crippen LogP contribution >= 0.6 is 0 Å². The first-order chi connectivity index (χ1) is 14.7. The Kier molecular flexibility index (Phi) is 7.73. The molecule has 3 rings (SSSR count). The predicted octanol–water partition coefficient (Wildman–Crippen LogP) is 7.91. The smallest absolute Gasteiger partial charge is 0.211 e. The lowest BCUT2D eigenvalue weighted by Crippen LogP contribution is -2.06. The molecule has 2 aromatic rings. The molecule has 0 spiro atoms. The standard InChI is InChI=1S/C28H32N2/c1-4-7-14-22-17-10-12-19-25(22)27-21-24(16-9-6-3)28(30(27)29)26-20-13-11-18-23(26)15-8-5-2/h4-5,10-13,17-21H,1-2,6-9,14-16H2,3H3. The highest BCUT2D eigenvalue weighted by Gasteiger charge is 2.30. The highest BCUT2D eigenvalue weighted by molar-refractivity contribution is 5.80. The van der Waals surface area contributed by atoms with Gasteiger partial charge in [-0.25, -0.2) is 4.70 Å². The van der Waals surface area contributed by atoms with E-state index in [1.54, 1.807) is 0 Å². The second-order valence-corrected chi connectivity index (χ2v) is 7.79. The Balaban J connectivity index is 2.05. The van der Waals surface area contributed by atoms with Crippen LogP contribution < -0.4 is 0 Å². The van der Waals surface area contributed by atoms with Gasteiger partial charge in [0.05, 0.1) is 0 Å². The van der Waals surface area contributed by atoms with Gasteiger partial charge >= 0.3 is 0 Å². The third kappa shape index (κ3) is 4.76. The summed E-state index contributed by atoms with van der Waals surface area (Å²) in [6, 6.07) is 16.8. The van der Waals surface area contributed by atoms with Gasteiger partial charge in [-0.05, 0) is 61.8 Å². The monoisotopic (exact) mass is 396 g/mol. The van der Waals surface area contributed by atoms with Crippen molar-refractivity contribution in [2.24, 2.45) is 0 Å². The van der Waals surface area contributed by atoms with Crippen LogP contribution in [0.15, 0.2) is 85.5 Å². The molecule has 30 heavy (non-hydrogen) atoms. The predicted molar refractivity (Wildman–Crippen MR) is 128 cm³/mol. The zero-order chi connectivity index (χ0) is 21.3. The van der Waals surface area contributed by atoms with Gasteiger partial charge in [0.25, 0.3) is 0 Å². The lowest BCUT2D eigenvalue weighted by molar-refractivity contribution is -0.344. The second kappa shape index (κ2) is 10.7. The van der Waals surface area contributed by atoms with Crippen molar-refractivity contribution in [2.45, 2.75) is 51.9 Å². The number of allylic oxidation sites excluding steroid dienone is 4. The van der Waals surface area contributed by atoms with E-state index in [9.17, 15) is 5.53 Å². The van der Waals surface area contributed by atoms with Crippen LogP contribution in [0.4, 0.5) is 0 Å². The average Bonchev–Trinajstić information content (AvgIpc) is 3.10. The Hall–Kier alpha value is -3.00. The lowest BCUT2D eigenvalue weighted by Gasteiger charge is -2.14. The lowest BCUT2D eigenvalue weighted by atomic mass is 9.96. The minimum absolute atomic E-state index is 0.870. The summed E-state index contributed by atoms with van der Waals surface area (Å²) in [5.41, 5.74) is 19.1. The molecule has 0 aliphatic carbocycles. The number of unbranched alkanes of at least 4 members (excludes halogenated alkanes) is 1. The first-order valence-corrected chi connectivity index (χ1v) is 11.0. The van der Waals surface area contributed by atoms with Crippen LogP contribution in [0.2, 0.25) is 0 Å². The first-order valence-electron chi connectivity index (χ1n) is 11.0. The summed E-state index contributed by atoms with van der Waals surface area (Å²) < 4.78 is 1.42. The molecule has 0 saturated carbocycles. The van der Waals surface area contributed by atoms with Gasteiger partial charge in [-0.15, -0.1) is 13.2 Å². The Morgan fingerprint density at radius 2 is 1.40 bits per heavy atom. The first kappa shape index (κ1) is 21.7. The van der Waals surface area contributed by atoms with Crippen molar-refractivity contribution in [2.75, 3.05) is 0 Å². The van der Waals surface area contributed by atoms with E-state index >= 15 is 0 Å². The summed E-state index contributed by atoms with van der Waals surface area (Å²) in [5.74, 6) is 0. The molecule has 0 N–H and O–H groups in total. The van der Waals surface area contributed by atoms with Crippen molar-refractivity contribution >= 4 is 11.4 Å². The Morgan fingerprint density at radius 3 is 2.00 bits per heavy atom.